The van der Waals surface area contributed by atoms with Crippen LogP contribution in [0, 0.1) is 0 Å². The van der Waals surface area contributed by atoms with Gasteiger partial charge in [0.2, 0.25) is 0 Å². The summed E-state index contributed by atoms with van der Waals surface area (Å²) in [5.41, 5.74) is 1.30. The number of hydrogen-bond acceptors (Lipinski definition) is 2. The number of nitrogens with one attached hydrogen (secondary N) is 1. The van der Waals surface area contributed by atoms with Crippen LogP contribution >= 0.6 is 0 Å². The van der Waals surface area contributed by atoms with E-state index in [2.05, 4.69) is 48.6 Å². The molecule has 2 aromatic rings. The fraction of sp³-hybridized carbons (Fsp3) is 0.375. The van der Waals surface area contributed by atoms with Gasteiger partial charge in [0, 0.05) is 10.9 Å². The minimum atomic E-state index is 0.265. The summed E-state index contributed by atoms with van der Waals surface area (Å²) in [4.78, 5) is 0. The van der Waals surface area contributed by atoms with E-state index in [1.54, 1.807) is 0 Å². The summed E-state index contributed by atoms with van der Waals surface area (Å²) in [6.45, 7) is 2.21. The van der Waals surface area contributed by atoms with Crippen molar-refractivity contribution in [1.29, 1.82) is 0 Å². The van der Waals surface area contributed by atoms with E-state index in [-0.39, 0.29) is 6.10 Å². The van der Waals surface area contributed by atoms with E-state index in [9.17, 15) is 0 Å². The van der Waals surface area contributed by atoms with E-state index in [0.29, 0.717) is 6.04 Å². The lowest BCUT2D eigenvalue weighted by atomic mass is 9.98. The largest absolute Gasteiger partial charge is 0.487 e. The first-order chi connectivity index (χ1) is 8.85. The second kappa shape index (κ2) is 4.62. The van der Waals surface area contributed by atoms with Gasteiger partial charge in [-0.1, -0.05) is 49.7 Å². The molecule has 2 aromatic carbocycles. The number of ether oxygens (including phenoxy) is 1. The highest BCUT2D eigenvalue weighted by atomic mass is 16.5. The molecular formula is C16H19NO. The van der Waals surface area contributed by atoms with Crippen LogP contribution in [0.4, 0.5) is 0 Å². The molecule has 2 heteroatoms. The maximum atomic E-state index is 6.20. The van der Waals surface area contributed by atoms with Crippen molar-refractivity contribution in [1.82, 2.24) is 5.32 Å². The maximum Gasteiger partial charge on any atom is 0.132 e. The van der Waals surface area contributed by atoms with Crippen LogP contribution in [0.25, 0.3) is 10.8 Å². The van der Waals surface area contributed by atoms with Crippen LogP contribution in [-0.2, 0) is 0 Å². The smallest absolute Gasteiger partial charge is 0.132 e. The van der Waals surface area contributed by atoms with Gasteiger partial charge in [-0.05, 0) is 18.9 Å². The molecule has 1 aliphatic heterocycles. The Morgan fingerprint density at radius 1 is 1.17 bits per heavy atom. The van der Waals surface area contributed by atoms with Crippen molar-refractivity contribution in [3.05, 3.63) is 42.0 Å². The average Bonchev–Trinajstić information content (AvgIpc) is 2.77. The Bertz CT molecular complexity index is 564. The second-order valence-electron chi connectivity index (χ2n) is 4.92. The van der Waals surface area contributed by atoms with E-state index < -0.39 is 0 Å². The first kappa shape index (κ1) is 11.5. The molecule has 0 saturated heterocycles. The standard InChI is InChI=1S/C16H19NO/c1-3-6-14-15(17-2)13-10-9-11-7-4-5-8-12(11)16(13)18-14/h4-5,7-10,14-15,17H,3,6H2,1-2H3. The van der Waals surface area contributed by atoms with Gasteiger partial charge in [0.25, 0.3) is 0 Å². The first-order valence-electron chi connectivity index (χ1n) is 6.70. The van der Waals surface area contributed by atoms with Crippen molar-refractivity contribution in [2.75, 3.05) is 7.05 Å². The predicted molar refractivity (Wildman–Crippen MR) is 75.1 cm³/mol. The van der Waals surface area contributed by atoms with Gasteiger partial charge in [0.1, 0.15) is 11.9 Å². The number of likely N-dealkylation sites (N-methyl/N-ethyl adjacent to an activating group) is 1. The average molecular weight is 241 g/mol. The van der Waals surface area contributed by atoms with Gasteiger partial charge in [0.05, 0.1) is 6.04 Å². The molecule has 0 spiro atoms. The van der Waals surface area contributed by atoms with Crippen LogP contribution < -0.4 is 10.1 Å². The molecule has 0 aliphatic carbocycles. The lowest BCUT2D eigenvalue weighted by Crippen LogP contribution is -2.28. The second-order valence-corrected chi connectivity index (χ2v) is 4.92. The van der Waals surface area contributed by atoms with Gasteiger partial charge in [-0.2, -0.15) is 0 Å². The topological polar surface area (TPSA) is 21.3 Å². The van der Waals surface area contributed by atoms with Gasteiger partial charge in [-0.3, -0.25) is 0 Å². The Morgan fingerprint density at radius 3 is 2.78 bits per heavy atom. The molecule has 0 fully saturated rings. The van der Waals surface area contributed by atoms with E-state index >= 15 is 0 Å². The lowest BCUT2D eigenvalue weighted by Gasteiger charge is -2.17. The summed E-state index contributed by atoms with van der Waals surface area (Å²) >= 11 is 0. The zero-order valence-corrected chi connectivity index (χ0v) is 10.9. The zero-order valence-electron chi connectivity index (χ0n) is 10.9. The summed E-state index contributed by atoms with van der Waals surface area (Å²) in [7, 11) is 2.01. The van der Waals surface area contributed by atoms with Crippen molar-refractivity contribution in [3.8, 4) is 5.75 Å². The van der Waals surface area contributed by atoms with E-state index in [0.717, 1.165) is 18.6 Å². The van der Waals surface area contributed by atoms with Gasteiger partial charge in [0.15, 0.2) is 0 Å². The third-order valence-electron chi connectivity index (χ3n) is 3.77. The Labute approximate surface area is 108 Å². The summed E-state index contributed by atoms with van der Waals surface area (Å²) in [5.74, 6) is 1.07. The lowest BCUT2D eigenvalue weighted by molar-refractivity contribution is 0.184. The molecule has 0 amide bonds. The summed E-state index contributed by atoms with van der Waals surface area (Å²) in [6.07, 6.45) is 2.50. The van der Waals surface area contributed by atoms with Crippen molar-refractivity contribution >= 4 is 10.8 Å². The Kier molecular flexibility index (Phi) is 2.96. The van der Waals surface area contributed by atoms with E-state index in [1.807, 2.05) is 7.05 Å². The Hall–Kier alpha value is -1.54. The molecule has 1 aliphatic rings. The fourth-order valence-corrected chi connectivity index (χ4v) is 2.91. The van der Waals surface area contributed by atoms with Crippen molar-refractivity contribution in [2.45, 2.75) is 31.9 Å². The van der Waals surface area contributed by atoms with Crippen LogP contribution in [-0.4, -0.2) is 13.2 Å². The minimum Gasteiger partial charge on any atom is -0.487 e. The highest BCUT2D eigenvalue weighted by Crippen LogP contribution is 2.42. The van der Waals surface area contributed by atoms with Crippen molar-refractivity contribution in [3.63, 3.8) is 0 Å². The Balaban J connectivity index is 2.12. The quantitative estimate of drug-likeness (QED) is 0.885. The van der Waals surface area contributed by atoms with Gasteiger partial charge in [-0.15, -0.1) is 0 Å². The number of hydrogen-bond donors (Lipinski definition) is 1. The number of fused-ring (bicyclic) bond motifs is 3. The fourth-order valence-electron chi connectivity index (χ4n) is 2.91. The molecular weight excluding hydrogens is 222 g/mol. The van der Waals surface area contributed by atoms with E-state index in [4.69, 9.17) is 4.74 Å². The molecule has 0 aromatic heterocycles. The molecule has 2 nitrogen and oxygen atoms in total. The molecule has 1 N–H and O–H groups in total. The highest BCUT2D eigenvalue weighted by molar-refractivity contribution is 5.90. The molecule has 0 bridgehead atoms. The molecule has 0 saturated carbocycles. The van der Waals surface area contributed by atoms with Crippen LogP contribution in [0.1, 0.15) is 31.4 Å². The van der Waals surface area contributed by atoms with Crippen molar-refractivity contribution in [2.24, 2.45) is 0 Å². The molecule has 2 unspecified atom stereocenters. The zero-order chi connectivity index (χ0) is 12.5. The molecule has 94 valence electrons. The van der Waals surface area contributed by atoms with Crippen LogP contribution in [0.2, 0.25) is 0 Å². The number of benzene rings is 2. The number of rotatable bonds is 3. The molecule has 2 atom stereocenters. The van der Waals surface area contributed by atoms with Crippen LogP contribution in [0.15, 0.2) is 36.4 Å². The van der Waals surface area contributed by atoms with Gasteiger partial charge < -0.3 is 10.1 Å². The third kappa shape index (κ3) is 1.68. The third-order valence-corrected chi connectivity index (χ3v) is 3.77. The molecule has 18 heavy (non-hydrogen) atoms. The molecule has 3 rings (SSSR count). The highest BCUT2D eigenvalue weighted by Gasteiger charge is 2.33. The summed E-state index contributed by atoms with van der Waals surface area (Å²) in [6, 6.07) is 13.2. The Morgan fingerprint density at radius 2 is 2.00 bits per heavy atom. The molecule has 0 radical (unpaired) electrons. The van der Waals surface area contributed by atoms with Crippen LogP contribution in [0.3, 0.4) is 0 Å². The first-order valence-corrected chi connectivity index (χ1v) is 6.70. The van der Waals surface area contributed by atoms with Crippen LogP contribution in [0.5, 0.6) is 5.75 Å². The van der Waals surface area contributed by atoms with Gasteiger partial charge >= 0.3 is 0 Å². The predicted octanol–water partition coefficient (Wildman–Crippen LogP) is 3.66. The minimum absolute atomic E-state index is 0.265. The molecule has 1 heterocycles. The summed E-state index contributed by atoms with van der Waals surface area (Å²) in [5, 5.41) is 5.88. The van der Waals surface area contributed by atoms with E-state index in [1.165, 1.54) is 16.3 Å². The van der Waals surface area contributed by atoms with Gasteiger partial charge in [-0.25, -0.2) is 0 Å². The van der Waals surface area contributed by atoms with Crippen molar-refractivity contribution < 1.29 is 4.74 Å². The normalized spacial score (nSPS) is 21.9. The maximum absolute atomic E-state index is 6.20. The SMILES string of the molecule is CCCC1Oc2c(ccc3ccccc23)C1NC. The monoisotopic (exact) mass is 241 g/mol. The summed E-state index contributed by atoms with van der Waals surface area (Å²) < 4.78 is 6.20.